The Morgan fingerprint density at radius 1 is 0.676 bits per heavy atom. The molecule has 0 unspecified atom stereocenters. The monoisotopic (exact) mass is 438 g/mol. The molecular weight excluding hydrogens is 416 g/mol. The van der Waals surface area contributed by atoms with Gasteiger partial charge in [-0.1, -0.05) is 66.7 Å². The van der Waals surface area contributed by atoms with Gasteiger partial charge in [0.25, 0.3) is 0 Å². The largest absolute Gasteiger partial charge is 0.354 e. The Balaban J connectivity index is 1.51. The second kappa shape index (κ2) is 8.41. The molecule has 4 heteroatoms. The quantitative estimate of drug-likeness (QED) is 0.416. The summed E-state index contributed by atoms with van der Waals surface area (Å²) in [4.78, 5) is 17.2. The van der Waals surface area contributed by atoms with Crippen molar-refractivity contribution in [2.75, 3.05) is 0 Å². The first-order valence-electron chi connectivity index (χ1n) is 11.3. The van der Waals surface area contributed by atoms with E-state index in [2.05, 4.69) is 106 Å². The number of para-hydroxylation sites is 1. The maximum absolute atomic E-state index is 4.62. The normalized spacial score (nSPS) is 12.6. The van der Waals surface area contributed by atoms with E-state index >= 15 is 0 Å². The van der Waals surface area contributed by atoms with E-state index in [1.165, 1.54) is 10.8 Å². The number of nitrogens with zero attached hydrogens (tertiary/aromatic N) is 3. The van der Waals surface area contributed by atoms with Gasteiger partial charge >= 0.3 is 0 Å². The Kier molecular flexibility index (Phi) is 4.96. The number of hydrogen-bond donors (Lipinski definition) is 1. The summed E-state index contributed by atoms with van der Waals surface area (Å²) in [6, 6.07) is 29.1. The van der Waals surface area contributed by atoms with Gasteiger partial charge in [-0.05, 0) is 48.4 Å². The smallest absolute Gasteiger partial charge is 0.116 e. The van der Waals surface area contributed by atoms with Gasteiger partial charge in [0.1, 0.15) is 6.33 Å². The number of hydrogen-bond acceptors (Lipinski definition) is 3. The molecule has 3 heterocycles. The second-order valence-corrected chi connectivity index (χ2v) is 8.36. The summed E-state index contributed by atoms with van der Waals surface area (Å²) < 4.78 is 0. The molecule has 0 fully saturated rings. The van der Waals surface area contributed by atoms with E-state index in [4.69, 9.17) is 0 Å². The Morgan fingerprint density at radius 2 is 1.44 bits per heavy atom. The molecule has 6 rings (SSSR count). The van der Waals surface area contributed by atoms with Crippen LogP contribution in [-0.4, -0.2) is 19.9 Å². The Bertz CT molecular complexity index is 1770. The van der Waals surface area contributed by atoms with Crippen molar-refractivity contribution in [1.29, 1.82) is 0 Å². The minimum atomic E-state index is 0.925. The fraction of sp³-hybridized carbons (Fsp3) is 0.0333. The van der Waals surface area contributed by atoms with Crippen molar-refractivity contribution in [2.45, 2.75) is 6.92 Å². The topological polar surface area (TPSA) is 54.5 Å². The molecule has 162 valence electrons. The van der Waals surface area contributed by atoms with E-state index < -0.39 is 0 Å². The fourth-order valence-electron chi connectivity index (χ4n) is 4.48. The van der Waals surface area contributed by atoms with Crippen LogP contribution in [-0.2, 0) is 0 Å². The van der Waals surface area contributed by atoms with E-state index in [1.807, 2.05) is 24.4 Å². The maximum Gasteiger partial charge on any atom is 0.116 e. The summed E-state index contributed by atoms with van der Waals surface area (Å²) in [7, 11) is 0. The van der Waals surface area contributed by atoms with Gasteiger partial charge in [-0.3, -0.25) is 4.98 Å². The predicted octanol–water partition coefficient (Wildman–Crippen LogP) is 5.14. The lowest BCUT2D eigenvalue weighted by molar-refractivity contribution is 1.21. The van der Waals surface area contributed by atoms with Crippen molar-refractivity contribution in [1.82, 2.24) is 19.9 Å². The number of aromatic amines is 1. The Labute approximate surface area is 197 Å². The SMILES string of the molecule is Cc1cccc2c(-c3cccc(C=c4[nH]c(=Cc5ccccn5)c5ccccc45)c3)ncnc12. The van der Waals surface area contributed by atoms with Crippen molar-refractivity contribution < 1.29 is 0 Å². The molecule has 0 aliphatic heterocycles. The average Bonchev–Trinajstić information content (AvgIpc) is 3.22. The highest BCUT2D eigenvalue weighted by atomic mass is 14.8. The maximum atomic E-state index is 4.62. The van der Waals surface area contributed by atoms with Gasteiger partial charge in [-0.25, -0.2) is 9.97 Å². The summed E-state index contributed by atoms with van der Waals surface area (Å²) in [5, 5.41) is 5.54. The number of rotatable bonds is 3. The number of aromatic nitrogens is 4. The number of fused-ring (bicyclic) bond motifs is 2. The lowest BCUT2D eigenvalue weighted by atomic mass is 10.0. The third-order valence-corrected chi connectivity index (χ3v) is 6.09. The minimum absolute atomic E-state index is 0.925. The zero-order chi connectivity index (χ0) is 22.9. The molecule has 0 aliphatic rings. The highest BCUT2D eigenvalue weighted by molar-refractivity contribution is 5.94. The molecule has 34 heavy (non-hydrogen) atoms. The van der Waals surface area contributed by atoms with E-state index in [0.717, 1.165) is 49.7 Å². The number of pyridine rings is 1. The van der Waals surface area contributed by atoms with Crippen LogP contribution in [0.5, 0.6) is 0 Å². The van der Waals surface area contributed by atoms with Gasteiger partial charge in [0, 0.05) is 38.6 Å². The Morgan fingerprint density at radius 3 is 2.26 bits per heavy atom. The van der Waals surface area contributed by atoms with Crippen LogP contribution in [0.1, 0.15) is 16.8 Å². The zero-order valence-corrected chi connectivity index (χ0v) is 18.7. The van der Waals surface area contributed by atoms with Gasteiger partial charge in [0.15, 0.2) is 0 Å². The zero-order valence-electron chi connectivity index (χ0n) is 18.7. The van der Waals surface area contributed by atoms with Crippen LogP contribution in [0.2, 0.25) is 0 Å². The van der Waals surface area contributed by atoms with Gasteiger partial charge in [0.05, 0.1) is 16.9 Å². The van der Waals surface area contributed by atoms with Gasteiger partial charge in [-0.15, -0.1) is 0 Å². The van der Waals surface area contributed by atoms with E-state index in [9.17, 15) is 0 Å². The molecule has 3 aromatic carbocycles. The Hall–Kier alpha value is -4.57. The molecule has 0 radical (unpaired) electrons. The van der Waals surface area contributed by atoms with Crippen molar-refractivity contribution in [3.05, 3.63) is 125 Å². The first-order chi connectivity index (χ1) is 16.8. The summed E-state index contributed by atoms with van der Waals surface area (Å²) in [6.45, 7) is 2.08. The average molecular weight is 439 g/mol. The molecule has 0 spiro atoms. The molecular formula is C30H22N4. The van der Waals surface area contributed by atoms with Gasteiger partial charge in [0.2, 0.25) is 0 Å². The first-order valence-corrected chi connectivity index (χ1v) is 11.3. The number of H-pyrrole nitrogens is 1. The van der Waals surface area contributed by atoms with Crippen molar-refractivity contribution in [3.63, 3.8) is 0 Å². The van der Waals surface area contributed by atoms with E-state index in [-0.39, 0.29) is 0 Å². The summed E-state index contributed by atoms with van der Waals surface area (Å²) in [5.74, 6) is 0. The molecule has 0 saturated carbocycles. The lowest BCUT2D eigenvalue weighted by Crippen LogP contribution is -2.10. The summed E-state index contributed by atoms with van der Waals surface area (Å²) in [6.07, 6.45) is 7.74. The van der Waals surface area contributed by atoms with Crippen molar-refractivity contribution in [2.24, 2.45) is 0 Å². The molecule has 0 aliphatic carbocycles. The van der Waals surface area contributed by atoms with Crippen LogP contribution in [0.4, 0.5) is 0 Å². The van der Waals surface area contributed by atoms with E-state index in [1.54, 1.807) is 6.33 Å². The van der Waals surface area contributed by atoms with Gasteiger partial charge < -0.3 is 4.98 Å². The number of benzene rings is 3. The van der Waals surface area contributed by atoms with Crippen LogP contribution >= 0.6 is 0 Å². The molecule has 1 N–H and O–H groups in total. The lowest BCUT2D eigenvalue weighted by Gasteiger charge is -2.07. The van der Waals surface area contributed by atoms with E-state index in [0.29, 0.717) is 0 Å². The molecule has 6 aromatic rings. The van der Waals surface area contributed by atoms with Crippen LogP contribution in [0, 0.1) is 6.92 Å². The third-order valence-electron chi connectivity index (χ3n) is 6.09. The van der Waals surface area contributed by atoms with Crippen LogP contribution in [0.25, 0.3) is 45.1 Å². The first kappa shape index (κ1) is 20.1. The van der Waals surface area contributed by atoms with Gasteiger partial charge in [-0.2, -0.15) is 0 Å². The third kappa shape index (κ3) is 3.65. The minimum Gasteiger partial charge on any atom is -0.354 e. The molecule has 0 bridgehead atoms. The molecule has 0 amide bonds. The highest BCUT2D eigenvalue weighted by Crippen LogP contribution is 2.27. The number of nitrogens with one attached hydrogen (secondary N) is 1. The summed E-state index contributed by atoms with van der Waals surface area (Å²) in [5.41, 5.74) is 6.19. The van der Waals surface area contributed by atoms with Crippen LogP contribution in [0.15, 0.2) is 97.5 Å². The van der Waals surface area contributed by atoms with Crippen LogP contribution < -0.4 is 10.7 Å². The molecule has 3 aromatic heterocycles. The second-order valence-electron chi connectivity index (χ2n) is 8.36. The van der Waals surface area contributed by atoms with Crippen LogP contribution in [0.3, 0.4) is 0 Å². The van der Waals surface area contributed by atoms with Crippen molar-refractivity contribution in [3.8, 4) is 11.3 Å². The molecule has 0 saturated heterocycles. The standard InChI is InChI=1S/C30H22N4/c1-20-8-6-14-26-29(20)32-19-33-30(26)22-10-7-9-21(16-22)17-27-24-12-2-3-13-25(24)28(34-27)18-23-11-4-5-15-31-23/h2-19,34H,1H3. The highest BCUT2D eigenvalue weighted by Gasteiger charge is 2.08. The number of aryl methyl sites for hydroxylation is 1. The fourth-order valence-corrected chi connectivity index (χ4v) is 4.48. The molecule has 4 nitrogen and oxygen atoms in total. The predicted molar refractivity (Wildman–Crippen MR) is 139 cm³/mol. The van der Waals surface area contributed by atoms with Crippen molar-refractivity contribution >= 4 is 33.8 Å². The molecule has 0 atom stereocenters. The summed E-state index contributed by atoms with van der Waals surface area (Å²) >= 11 is 0.